The molecule has 0 spiro atoms. The topological polar surface area (TPSA) is 104 Å². The third-order valence-electron chi connectivity index (χ3n) is 3.26. The van der Waals surface area contributed by atoms with E-state index in [1.807, 2.05) is 18.2 Å². The minimum atomic E-state index is 0.400. The lowest BCUT2D eigenvalue weighted by Crippen LogP contribution is -2.15. The molecule has 3 aromatic rings. The number of rotatable bonds is 7. The highest BCUT2D eigenvalue weighted by molar-refractivity contribution is 5.86. The molecule has 8 nitrogen and oxygen atoms in total. The molecule has 3 rings (SSSR count). The molecular weight excluding hydrogens is 292 g/mol. The molecule has 0 radical (unpaired) electrons. The molecule has 0 unspecified atom stereocenters. The van der Waals surface area contributed by atoms with Crippen LogP contribution in [0.4, 0.5) is 11.6 Å². The lowest BCUT2D eigenvalue weighted by molar-refractivity contribution is 0.643. The van der Waals surface area contributed by atoms with Crippen LogP contribution in [0, 0.1) is 11.3 Å². The van der Waals surface area contributed by atoms with Crippen LogP contribution in [-0.4, -0.2) is 37.8 Å². The number of aryl methyl sites for hydroxylation is 1. The van der Waals surface area contributed by atoms with E-state index < -0.39 is 0 Å². The summed E-state index contributed by atoms with van der Waals surface area (Å²) in [4.78, 5) is 12.7. The number of anilines is 2. The molecule has 0 aliphatic carbocycles. The highest BCUT2D eigenvalue weighted by atomic mass is 15.3. The summed E-state index contributed by atoms with van der Waals surface area (Å²) in [6.45, 7) is 1.93. The number of aromatic nitrogens is 5. The SMILES string of the molecule is N#CCCn1ncc2c(NCCNc3ccccn3)ncnc21. The van der Waals surface area contributed by atoms with Gasteiger partial charge in [0.05, 0.1) is 30.6 Å². The van der Waals surface area contributed by atoms with Crippen LogP contribution in [0.5, 0.6) is 0 Å². The van der Waals surface area contributed by atoms with Gasteiger partial charge in [0.1, 0.15) is 18.0 Å². The second kappa shape index (κ2) is 7.17. The zero-order valence-electron chi connectivity index (χ0n) is 12.5. The average molecular weight is 308 g/mol. The summed E-state index contributed by atoms with van der Waals surface area (Å²) in [5.41, 5.74) is 0.732. The molecule has 8 heteroatoms. The zero-order chi connectivity index (χ0) is 15.9. The van der Waals surface area contributed by atoms with Crippen molar-refractivity contribution in [2.75, 3.05) is 23.7 Å². The summed E-state index contributed by atoms with van der Waals surface area (Å²) in [7, 11) is 0. The van der Waals surface area contributed by atoms with Crippen molar-refractivity contribution in [3.8, 4) is 6.07 Å². The van der Waals surface area contributed by atoms with Crippen LogP contribution in [0.25, 0.3) is 11.0 Å². The molecule has 0 saturated carbocycles. The molecule has 0 saturated heterocycles. The van der Waals surface area contributed by atoms with Gasteiger partial charge in [-0.15, -0.1) is 0 Å². The Morgan fingerprint density at radius 2 is 2.04 bits per heavy atom. The summed E-state index contributed by atoms with van der Waals surface area (Å²) < 4.78 is 1.72. The molecule has 2 N–H and O–H groups in total. The molecule has 0 atom stereocenters. The predicted molar refractivity (Wildman–Crippen MR) is 86.8 cm³/mol. The first kappa shape index (κ1) is 14.7. The maximum Gasteiger partial charge on any atom is 0.163 e. The molecule has 3 aromatic heterocycles. The Bertz CT molecular complexity index is 805. The van der Waals surface area contributed by atoms with E-state index in [2.05, 4.69) is 36.8 Å². The van der Waals surface area contributed by atoms with Crippen molar-refractivity contribution in [1.82, 2.24) is 24.7 Å². The quantitative estimate of drug-likeness (QED) is 0.639. The Morgan fingerprint density at radius 1 is 1.13 bits per heavy atom. The van der Waals surface area contributed by atoms with Gasteiger partial charge in [-0.3, -0.25) is 0 Å². The van der Waals surface area contributed by atoms with Gasteiger partial charge >= 0.3 is 0 Å². The van der Waals surface area contributed by atoms with Gasteiger partial charge in [-0.05, 0) is 12.1 Å². The second-order valence-electron chi connectivity index (χ2n) is 4.80. The molecular formula is C15H16N8. The molecule has 116 valence electrons. The second-order valence-corrected chi connectivity index (χ2v) is 4.80. The van der Waals surface area contributed by atoms with E-state index in [0.29, 0.717) is 26.1 Å². The first-order chi connectivity index (χ1) is 11.4. The molecule has 3 heterocycles. The number of pyridine rings is 1. The summed E-state index contributed by atoms with van der Waals surface area (Å²) in [5, 5.41) is 20.3. The number of nitrogens with one attached hydrogen (secondary N) is 2. The highest BCUT2D eigenvalue weighted by Gasteiger charge is 2.09. The van der Waals surface area contributed by atoms with E-state index in [0.717, 1.165) is 22.7 Å². The maximum atomic E-state index is 8.68. The number of hydrogen-bond acceptors (Lipinski definition) is 7. The van der Waals surface area contributed by atoms with Gasteiger partial charge < -0.3 is 10.6 Å². The van der Waals surface area contributed by atoms with Gasteiger partial charge in [0.25, 0.3) is 0 Å². The molecule has 0 aliphatic rings. The van der Waals surface area contributed by atoms with Gasteiger partial charge in [-0.1, -0.05) is 6.07 Å². The average Bonchev–Trinajstić information content (AvgIpc) is 3.02. The molecule has 0 amide bonds. The van der Waals surface area contributed by atoms with Crippen LogP contribution in [0.1, 0.15) is 6.42 Å². The fourth-order valence-corrected chi connectivity index (χ4v) is 2.19. The van der Waals surface area contributed by atoms with E-state index >= 15 is 0 Å². The minimum absolute atomic E-state index is 0.400. The third-order valence-corrected chi connectivity index (χ3v) is 3.26. The Morgan fingerprint density at radius 3 is 2.87 bits per heavy atom. The Hall–Kier alpha value is -3.21. The number of nitriles is 1. The molecule has 0 aliphatic heterocycles. The summed E-state index contributed by atoms with van der Waals surface area (Å²) >= 11 is 0. The van der Waals surface area contributed by atoms with Gasteiger partial charge in [0.15, 0.2) is 5.65 Å². The summed E-state index contributed by atoms with van der Waals surface area (Å²) in [6, 6.07) is 7.84. The van der Waals surface area contributed by atoms with Crippen LogP contribution in [0.15, 0.2) is 36.9 Å². The Labute approximate surface area is 133 Å². The molecule has 0 aromatic carbocycles. The molecule has 0 fully saturated rings. The lowest BCUT2D eigenvalue weighted by Gasteiger charge is -2.08. The van der Waals surface area contributed by atoms with Crippen LogP contribution in [-0.2, 0) is 6.54 Å². The highest BCUT2D eigenvalue weighted by Crippen LogP contribution is 2.18. The van der Waals surface area contributed by atoms with Crippen molar-refractivity contribution in [1.29, 1.82) is 5.26 Å². The van der Waals surface area contributed by atoms with Gasteiger partial charge in [0, 0.05) is 19.3 Å². The maximum absolute atomic E-state index is 8.68. The fourth-order valence-electron chi connectivity index (χ4n) is 2.19. The van der Waals surface area contributed by atoms with Crippen molar-refractivity contribution in [3.63, 3.8) is 0 Å². The fraction of sp³-hybridized carbons (Fsp3) is 0.267. The van der Waals surface area contributed by atoms with Crippen LogP contribution in [0.3, 0.4) is 0 Å². The van der Waals surface area contributed by atoms with Crippen molar-refractivity contribution in [2.45, 2.75) is 13.0 Å². The van der Waals surface area contributed by atoms with E-state index in [4.69, 9.17) is 5.26 Å². The minimum Gasteiger partial charge on any atom is -0.368 e. The summed E-state index contributed by atoms with van der Waals surface area (Å²) in [5.74, 6) is 1.58. The van der Waals surface area contributed by atoms with Crippen molar-refractivity contribution < 1.29 is 0 Å². The number of fused-ring (bicyclic) bond motifs is 1. The monoisotopic (exact) mass is 308 g/mol. The number of nitrogens with zero attached hydrogens (tertiary/aromatic N) is 6. The van der Waals surface area contributed by atoms with Crippen LogP contribution in [0.2, 0.25) is 0 Å². The zero-order valence-corrected chi connectivity index (χ0v) is 12.5. The van der Waals surface area contributed by atoms with E-state index in [9.17, 15) is 0 Å². The van der Waals surface area contributed by atoms with E-state index in [1.165, 1.54) is 6.33 Å². The standard InChI is InChI=1S/C15H16N8/c16-5-3-9-23-15-12(10-22-23)14(20-11-21-15)19-8-7-18-13-4-1-2-6-17-13/h1-2,4,6,10-11H,3,7-9H2,(H,17,18)(H,19,20,21). The summed E-state index contributed by atoms with van der Waals surface area (Å²) in [6.07, 6.45) is 5.37. The smallest absolute Gasteiger partial charge is 0.163 e. The van der Waals surface area contributed by atoms with Gasteiger partial charge in [0.2, 0.25) is 0 Å². The van der Waals surface area contributed by atoms with Crippen molar-refractivity contribution in [2.24, 2.45) is 0 Å². The number of hydrogen-bond donors (Lipinski definition) is 2. The first-order valence-corrected chi connectivity index (χ1v) is 7.31. The molecule has 23 heavy (non-hydrogen) atoms. The van der Waals surface area contributed by atoms with Crippen molar-refractivity contribution >= 4 is 22.7 Å². The van der Waals surface area contributed by atoms with Crippen LogP contribution >= 0.6 is 0 Å². The van der Waals surface area contributed by atoms with E-state index in [1.54, 1.807) is 17.1 Å². The Balaban J connectivity index is 1.62. The molecule has 0 bridgehead atoms. The largest absolute Gasteiger partial charge is 0.368 e. The Kier molecular flexibility index (Phi) is 4.59. The normalized spacial score (nSPS) is 10.4. The van der Waals surface area contributed by atoms with Crippen molar-refractivity contribution in [3.05, 3.63) is 36.9 Å². The van der Waals surface area contributed by atoms with Gasteiger partial charge in [-0.2, -0.15) is 10.4 Å². The first-order valence-electron chi connectivity index (χ1n) is 7.31. The van der Waals surface area contributed by atoms with Crippen LogP contribution < -0.4 is 10.6 Å². The third kappa shape index (κ3) is 3.52. The van der Waals surface area contributed by atoms with Gasteiger partial charge in [-0.25, -0.2) is 19.6 Å². The lowest BCUT2D eigenvalue weighted by atomic mass is 10.4. The predicted octanol–water partition coefficient (Wildman–Crippen LogP) is 1.66. The van der Waals surface area contributed by atoms with E-state index in [-0.39, 0.29) is 0 Å².